The van der Waals surface area contributed by atoms with Crippen LogP contribution in [-0.4, -0.2) is 57.5 Å². The normalized spacial score (nSPS) is 17.7. The average molecular weight is 324 g/mol. The summed E-state index contributed by atoms with van der Waals surface area (Å²) in [6, 6.07) is -0.501. The third kappa shape index (κ3) is 4.36. The third-order valence-electron chi connectivity index (χ3n) is 3.40. The predicted octanol–water partition coefficient (Wildman–Crippen LogP) is 0.691. The summed E-state index contributed by atoms with van der Waals surface area (Å²) in [7, 11) is 0. The lowest BCUT2D eigenvalue weighted by molar-refractivity contribution is -0.134. The van der Waals surface area contributed by atoms with Gasteiger partial charge in [-0.25, -0.2) is 4.98 Å². The van der Waals surface area contributed by atoms with Crippen molar-refractivity contribution in [2.24, 2.45) is 5.73 Å². The highest BCUT2D eigenvalue weighted by molar-refractivity contribution is 5.85. The van der Waals surface area contributed by atoms with Crippen LogP contribution in [0.15, 0.2) is 12.4 Å². The summed E-state index contributed by atoms with van der Waals surface area (Å²) in [5.41, 5.74) is 5.56. The van der Waals surface area contributed by atoms with E-state index in [1.807, 2.05) is 4.90 Å². The Morgan fingerprint density at radius 1 is 1.38 bits per heavy atom. The number of imidazole rings is 1. The maximum atomic E-state index is 12.7. The van der Waals surface area contributed by atoms with Crippen molar-refractivity contribution in [1.82, 2.24) is 19.4 Å². The molecule has 1 aromatic rings. The van der Waals surface area contributed by atoms with Gasteiger partial charge in [-0.3, -0.25) is 14.3 Å². The first-order valence-corrected chi connectivity index (χ1v) is 6.55. The summed E-state index contributed by atoms with van der Waals surface area (Å²) in [5, 5.41) is 0. The second-order valence-electron chi connectivity index (χ2n) is 4.92. The third-order valence-corrected chi connectivity index (χ3v) is 3.40. The predicted molar refractivity (Wildman–Crippen MR) is 76.2 cm³/mol. The standard InChI is InChI=1S/C12H19F2N5O.ClH/c1-9(15)11(20)18-6-4-17(5-7-18)8-10-16-2-3-19(10)12(13)14;/h2-3,9,12H,4-8,15H2,1H3;1H. The van der Waals surface area contributed by atoms with Gasteiger partial charge in [-0.15, -0.1) is 12.4 Å². The summed E-state index contributed by atoms with van der Waals surface area (Å²) < 4.78 is 26.3. The van der Waals surface area contributed by atoms with E-state index < -0.39 is 12.6 Å². The number of carbonyl (C=O) groups excluding carboxylic acids is 1. The Bertz CT molecular complexity index is 460. The van der Waals surface area contributed by atoms with Crippen LogP contribution in [0.5, 0.6) is 0 Å². The van der Waals surface area contributed by atoms with Gasteiger partial charge in [0.2, 0.25) is 5.91 Å². The zero-order valence-corrected chi connectivity index (χ0v) is 12.6. The van der Waals surface area contributed by atoms with E-state index in [2.05, 4.69) is 4.98 Å². The molecule has 0 radical (unpaired) electrons. The van der Waals surface area contributed by atoms with Crippen LogP contribution in [-0.2, 0) is 11.3 Å². The smallest absolute Gasteiger partial charge is 0.319 e. The summed E-state index contributed by atoms with van der Waals surface area (Å²) in [5.74, 6) is 0.269. The Hall–Kier alpha value is -1.25. The van der Waals surface area contributed by atoms with Crippen LogP contribution in [0, 0.1) is 0 Å². The molecule has 2 rings (SSSR count). The highest BCUT2D eigenvalue weighted by Gasteiger charge is 2.24. The topological polar surface area (TPSA) is 67.4 Å². The number of hydrogen-bond donors (Lipinski definition) is 1. The molecule has 1 aliphatic rings. The first-order chi connectivity index (χ1) is 9.49. The lowest BCUT2D eigenvalue weighted by Gasteiger charge is -2.35. The molecule has 2 N–H and O–H groups in total. The Morgan fingerprint density at radius 2 is 2.00 bits per heavy atom. The van der Waals surface area contributed by atoms with Crippen molar-refractivity contribution in [2.45, 2.75) is 26.1 Å². The van der Waals surface area contributed by atoms with Crippen LogP contribution in [0.25, 0.3) is 0 Å². The molecular formula is C12H20ClF2N5O. The van der Waals surface area contributed by atoms with Gasteiger partial charge in [0, 0.05) is 38.6 Å². The molecular weight excluding hydrogens is 304 g/mol. The van der Waals surface area contributed by atoms with Gasteiger partial charge < -0.3 is 10.6 Å². The first kappa shape index (κ1) is 17.8. The number of hydrogen-bond acceptors (Lipinski definition) is 4. The number of amides is 1. The average Bonchev–Trinajstić information content (AvgIpc) is 2.87. The maximum absolute atomic E-state index is 12.7. The van der Waals surface area contributed by atoms with Crippen molar-refractivity contribution in [2.75, 3.05) is 26.2 Å². The molecule has 6 nitrogen and oxygen atoms in total. The molecule has 0 bridgehead atoms. The zero-order valence-electron chi connectivity index (χ0n) is 11.8. The van der Waals surface area contributed by atoms with Crippen molar-refractivity contribution < 1.29 is 13.6 Å². The fraction of sp³-hybridized carbons (Fsp3) is 0.667. The van der Waals surface area contributed by atoms with E-state index in [0.717, 1.165) is 4.57 Å². The van der Waals surface area contributed by atoms with Gasteiger partial charge in [0.05, 0.1) is 12.6 Å². The van der Waals surface area contributed by atoms with Gasteiger partial charge in [-0.2, -0.15) is 8.78 Å². The molecule has 9 heteroatoms. The molecule has 1 atom stereocenters. The molecule has 0 saturated carbocycles. The van der Waals surface area contributed by atoms with Crippen LogP contribution in [0.1, 0.15) is 19.3 Å². The van der Waals surface area contributed by atoms with Crippen LogP contribution in [0.4, 0.5) is 8.78 Å². The summed E-state index contributed by atoms with van der Waals surface area (Å²) >= 11 is 0. The van der Waals surface area contributed by atoms with Gasteiger partial charge in [0.1, 0.15) is 5.82 Å². The molecule has 120 valence electrons. The quantitative estimate of drug-likeness (QED) is 0.885. The van der Waals surface area contributed by atoms with E-state index in [4.69, 9.17) is 5.73 Å². The van der Waals surface area contributed by atoms with Crippen molar-refractivity contribution in [1.29, 1.82) is 0 Å². The Kier molecular flexibility index (Phi) is 6.50. The van der Waals surface area contributed by atoms with E-state index >= 15 is 0 Å². The van der Waals surface area contributed by atoms with E-state index in [1.165, 1.54) is 12.4 Å². The second kappa shape index (κ2) is 7.67. The number of nitrogens with zero attached hydrogens (tertiary/aromatic N) is 4. The minimum atomic E-state index is -2.58. The largest absolute Gasteiger partial charge is 0.339 e. The molecule has 0 aromatic carbocycles. The molecule has 1 aromatic heterocycles. The van der Waals surface area contributed by atoms with E-state index in [0.29, 0.717) is 38.5 Å². The van der Waals surface area contributed by atoms with Crippen molar-refractivity contribution in [3.63, 3.8) is 0 Å². The molecule has 1 fully saturated rings. The summed E-state index contributed by atoms with van der Waals surface area (Å²) in [6.07, 6.45) is 2.65. The van der Waals surface area contributed by atoms with E-state index in [9.17, 15) is 13.6 Å². The van der Waals surface area contributed by atoms with Crippen LogP contribution in [0.3, 0.4) is 0 Å². The summed E-state index contributed by atoms with van der Waals surface area (Å²) in [6.45, 7) is 1.84. The minimum Gasteiger partial charge on any atom is -0.339 e. The Labute approximate surface area is 128 Å². The van der Waals surface area contributed by atoms with Gasteiger partial charge in [-0.05, 0) is 6.92 Å². The lowest BCUT2D eigenvalue weighted by atomic mass is 10.2. The number of nitrogens with two attached hydrogens (primary N) is 1. The Morgan fingerprint density at radius 3 is 2.52 bits per heavy atom. The molecule has 1 aliphatic heterocycles. The minimum absolute atomic E-state index is 0. The zero-order chi connectivity index (χ0) is 14.7. The molecule has 1 amide bonds. The number of alkyl halides is 2. The number of rotatable bonds is 4. The van der Waals surface area contributed by atoms with Crippen LogP contribution in [0.2, 0.25) is 0 Å². The summed E-state index contributed by atoms with van der Waals surface area (Å²) in [4.78, 5) is 19.4. The maximum Gasteiger partial charge on any atom is 0.319 e. The van der Waals surface area contributed by atoms with Gasteiger partial charge in [-0.1, -0.05) is 0 Å². The fourth-order valence-corrected chi connectivity index (χ4v) is 2.26. The van der Waals surface area contributed by atoms with Gasteiger partial charge in [0.15, 0.2) is 0 Å². The van der Waals surface area contributed by atoms with Crippen LogP contribution < -0.4 is 5.73 Å². The van der Waals surface area contributed by atoms with Gasteiger partial charge >= 0.3 is 6.55 Å². The van der Waals surface area contributed by atoms with Gasteiger partial charge in [0.25, 0.3) is 0 Å². The number of piperazine rings is 1. The van der Waals surface area contributed by atoms with E-state index in [-0.39, 0.29) is 18.3 Å². The molecule has 2 heterocycles. The van der Waals surface area contributed by atoms with E-state index in [1.54, 1.807) is 11.8 Å². The van der Waals surface area contributed by atoms with Crippen molar-refractivity contribution in [3.05, 3.63) is 18.2 Å². The second-order valence-corrected chi connectivity index (χ2v) is 4.92. The molecule has 21 heavy (non-hydrogen) atoms. The number of halogens is 3. The SMILES string of the molecule is CC(N)C(=O)N1CCN(Cc2nccn2C(F)F)CC1.Cl. The fourth-order valence-electron chi connectivity index (χ4n) is 2.26. The van der Waals surface area contributed by atoms with Crippen molar-refractivity contribution >= 4 is 18.3 Å². The molecule has 0 aliphatic carbocycles. The highest BCUT2D eigenvalue weighted by atomic mass is 35.5. The first-order valence-electron chi connectivity index (χ1n) is 6.55. The van der Waals surface area contributed by atoms with Crippen molar-refractivity contribution in [3.8, 4) is 0 Å². The Balaban J connectivity index is 0.00000220. The monoisotopic (exact) mass is 323 g/mol. The molecule has 1 saturated heterocycles. The number of carbonyl (C=O) groups is 1. The molecule has 1 unspecified atom stereocenters. The lowest BCUT2D eigenvalue weighted by Crippen LogP contribution is -2.52. The number of aromatic nitrogens is 2. The highest BCUT2D eigenvalue weighted by Crippen LogP contribution is 2.15. The molecule has 0 spiro atoms. The van der Waals surface area contributed by atoms with Crippen LogP contribution >= 0.6 is 12.4 Å².